The number of hydrogen-bond donors (Lipinski definition) is 3. The third-order valence-corrected chi connectivity index (χ3v) is 3.09. The lowest BCUT2D eigenvalue weighted by molar-refractivity contribution is 0.696. The molecule has 5 N–H and O–H groups in total. The Morgan fingerprint density at radius 1 is 0.640 bits per heavy atom. The van der Waals surface area contributed by atoms with Crippen molar-refractivity contribution in [3.05, 3.63) is 91.0 Å². The molecule has 0 radical (unpaired) electrons. The van der Waals surface area contributed by atoms with E-state index in [0.29, 0.717) is 13.1 Å². The predicted molar refractivity (Wildman–Crippen MR) is 114 cm³/mol. The molecule has 0 aromatic heterocycles. The molecule has 0 aliphatic heterocycles. The summed E-state index contributed by atoms with van der Waals surface area (Å²) in [4.78, 5) is 0. The fourth-order valence-corrected chi connectivity index (χ4v) is 1.69. The quantitative estimate of drug-likeness (QED) is 0.673. The van der Waals surface area contributed by atoms with Gasteiger partial charge in [-0.25, -0.2) is 0 Å². The first-order valence-corrected chi connectivity index (χ1v) is 8.35. The summed E-state index contributed by atoms with van der Waals surface area (Å²) in [6, 6.07) is 18.1. The summed E-state index contributed by atoms with van der Waals surface area (Å²) in [5, 5.41) is 3.03. The largest absolute Gasteiger partial charge is 0.329 e. The molecule has 0 amide bonds. The highest BCUT2D eigenvalue weighted by molar-refractivity contribution is 5.53. The molecule has 2 aromatic rings. The first-order valence-electron chi connectivity index (χ1n) is 8.35. The summed E-state index contributed by atoms with van der Waals surface area (Å²) < 4.78 is 0. The third-order valence-electron chi connectivity index (χ3n) is 3.09. The van der Waals surface area contributed by atoms with E-state index in [0.717, 1.165) is 24.2 Å². The molecule has 0 saturated carbocycles. The lowest BCUT2D eigenvalue weighted by Gasteiger charge is -1.95. The second kappa shape index (κ2) is 16.4. The van der Waals surface area contributed by atoms with Crippen molar-refractivity contribution in [2.24, 2.45) is 11.5 Å². The van der Waals surface area contributed by atoms with Crippen molar-refractivity contribution in [3.63, 3.8) is 0 Å². The van der Waals surface area contributed by atoms with Gasteiger partial charge in [-0.1, -0.05) is 92.6 Å². The average molecular weight is 338 g/mol. The van der Waals surface area contributed by atoms with E-state index < -0.39 is 0 Å². The lowest BCUT2D eigenvalue weighted by Crippen LogP contribution is -2.27. The Hall–Kier alpha value is -2.46. The van der Waals surface area contributed by atoms with Gasteiger partial charge >= 0.3 is 0 Å². The molecule has 0 spiro atoms. The van der Waals surface area contributed by atoms with E-state index in [-0.39, 0.29) is 0 Å². The molecule has 2 rings (SSSR count). The molecule has 134 valence electrons. The van der Waals surface area contributed by atoms with Crippen LogP contribution in [0.2, 0.25) is 0 Å². The minimum absolute atomic E-state index is 0.694. The third kappa shape index (κ3) is 12.6. The second-order valence-electron chi connectivity index (χ2n) is 5.02. The van der Waals surface area contributed by atoms with Crippen molar-refractivity contribution in [3.8, 4) is 0 Å². The first-order chi connectivity index (χ1) is 12.2. The molecule has 0 bridgehead atoms. The minimum atomic E-state index is 0.694. The van der Waals surface area contributed by atoms with Crippen molar-refractivity contribution in [1.82, 2.24) is 5.32 Å². The topological polar surface area (TPSA) is 64.1 Å². The highest BCUT2D eigenvalue weighted by Crippen LogP contribution is 2.05. The SMILES string of the molecule is C=Cc1ccc(C=C)cc1.C=Cc1ccccc1.NCCNCCN. The first kappa shape index (κ1) is 22.5. The van der Waals surface area contributed by atoms with Crippen molar-refractivity contribution >= 4 is 18.2 Å². The number of rotatable bonds is 7. The van der Waals surface area contributed by atoms with Gasteiger partial charge in [0.25, 0.3) is 0 Å². The van der Waals surface area contributed by atoms with E-state index >= 15 is 0 Å². The van der Waals surface area contributed by atoms with Crippen LogP contribution in [0.25, 0.3) is 18.2 Å². The van der Waals surface area contributed by atoms with Gasteiger partial charge in [0, 0.05) is 26.2 Å². The summed E-state index contributed by atoms with van der Waals surface area (Å²) in [5.74, 6) is 0. The highest BCUT2D eigenvalue weighted by Gasteiger charge is 1.84. The Bertz CT molecular complexity index is 543. The van der Waals surface area contributed by atoms with E-state index in [9.17, 15) is 0 Å². The highest BCUT2D eigenvalue weighted by atomic mass is 14.9. The number of hydrogen-bond acceptors (Lipinski definition) is 3. The monoisotopic (exact) mass is 337 g/mol. The zero-order valence-electron chi connectivity index (χ0n) is 15.0. The standard InChI is InChI=1S/C10H10.C8H8.C4H13N3/c1-3-9-5-7-10(4-2)8-6-9;1-2-8-6-4-3-5-7-8;5-1-3-7-4-2-6/h3-8H,1-2H2;2-7H,1H2;7H,1-6H2. The number of benzene rings is 2. The maximum Gasteiger partial charge on any atom is 0.00750 e. The summed E-state index contributed by atoms with van der Waals surface area (Å²) in [5.41, 5.74) is 13.8. The molecule has 0 heterocycles. The zero-order valence-corrected chi connectivity index (χ0v) is 15.0. The van der Waals surface area contributed by atoms with E-state index in [1.165, 1.54) is 5.56 Å². The van der Waals surface area contributed by atoms with E-state index in [2.05, 4.69) is 25.1 Å². The molecule has 0 unspecified atom stereocenters. The van der Waals surface area contributed by atoms with Crippen LogP contribution in [-0.4, -0.2) is 26.2 Å². The van der Waals surface area contributed by atoms with Gasteiger partial charge in [-0.3, -0.25) is 0 Å². The van der Waals surface area contributed by atoms with Crippen LogP contribution in [-0.2, 0) is 0 Å². The molecule has 0 saturated heterocycles. The maximum absolute atomic E-state index is 5.17. The van der Waals surface area contributed by atoms with Crippen LogP contribution in [0.3, 0.4) is 0 Å². The number of nitrogens with one attached hydrogen (secondary N) is 1. The Morgan fingerprint density at radius 2 is 1.00 bits per heavy atom. The van der Waals surface area contributed by atoms with Gasteiger partial charge in [-0.2, -0.15) is 0 Å². The van der Waals surface area contributed by atoms with Crippen LogP contribution >= 0.6 is 0 Å². The normalized spacial score (nSPS) is 8.88. The molecule has 25 heavy (non-hydrogen) atoms. The van der Waals surface area contributed by atoms with Gasteiger partial charge in [-0.05, 0) is 16.7 Å². The molecule has 0 aliphatic rings. The van der Waals surface area contributed by atoms with Crippen LogP contribution < -0.4 is 16.8 Å². The second-order valence-corrected chi connectivity index (χ2v) is 5.02. The van der Waals surface area contributed by atoms with Crippen molar-refractivity contribution in [2.45, 2.75) is 0 Å². The van der Waals surface area contributed by atoms with Crippen LogP contribution in [0.4, 0.5) is 0 Å². The van der Waals surface area contributed by atoms with Gasteiger partial charge in [0.05, 0.1) is 0 Å². The summed E-state index contributed by atoms with van der Waals surface area (Å²) in [6.45, 7) is 14.1. The van der Waals surface area contributed by atoms with Crippen LogP contribution in [0.15, 0.2) is 74.3 Å². The van der Waals surface area contributed by atoms with Gasteiger partial charge in [0.2, 0.25) is 0 Å². The Kier molecular flexibility index (Phi) is 14.8. The summed E-state index contributed by atoms with van der Waals surface area (Å²) in [6.07, 6.45) is 5.49. The molecule has 0 aliphatic carbocycles. The van der Waals surface area contributed by atoms with Crippen molar-refractivity contribution < 1.29 is 0 Å². The van der Waals surface area contributed by atoms with Crippen LogP contribution in [0.5, 0.6) is 0 Å². The fraction of sp³-hybridized carbons (Fsp3) is 0.182. The Labute approximate surface area is 152 Å². The Morgan fingerprint density at radius 3 is 1.28 bits per heavy atom. The molecular weight excluding hydrogens is 306 g/mol. The summed E-state index contributed by atoms with van der Waals surface area (Å²) >= 11 is 0. The fourth-order valence-electron chi connectivity index (χ4n) is 1.69. The van der Waals surface area contributed by atoms with Gasteiger partial charge in [0.15, 0.2) is 0 Å². The lowest BCUT2D eigenvalue weighted by atomic mass is 10.1. The average Bonchev–Trinajstić information content (AvgIpc) is 2.70. The molecule has 0 atom stereocenters. The predicted octanol–water partition coefficient (Wildman–Crippen LogP) is 3.80. The van der Waals surface area contributed by atoms with Crippen LogP contribution in [0.1, 0.15) is 16.7 Å². The van der Waals surface area contributed by atoms with Gasteiger partial charge in [0.1, 0.15) is 0 Å². The number of nitrogens with two attached hydrogens (primary N) is 2. The molecule has 2 aromatic carbocycles. The zero-order chi connectivity index (χ0) is 18.8. The van der Waals surface area contributed by atoms with Crippen molar-refractivity contribution in [1.29, 1.82) is 0 Å². The molecule has 3 nitrogen and oxygen atoms in total. The van der Waals surface area contributed by atoms with E-state index in [1.54, 1.807) is 0 Å². The van der Waals surface area contributed by atoms with E-state index in [4.69, 9.17) is 11.5 Å². The maximum atomic E-state index is 5.17. The molecule has 0 fully saturated rings. The minimum Gasteiger partial charge on any atom is -0.329 e. The molecule has 3 heteroatoms. The van der Waals surface area contributed by atoms with Gasteiger partial charge in [-0.15, -0.1) is 0 Å². The summed E-state index contributed by atoms with van der Waals surface area (Å²) in [7, 11) is 0. The van der Waals surface area contributed by atoms with Gasteiger partial charge < -0.3 is 16.8 Å². The molecular formula is C22H31N3. The van der Waals surface area contributed by atoms with E-state index in [1.807, 2.05) is 72.8 Å². The van der Waals surface area contributed by atoms with Crippen molar-refractivity contribution in [2.75, 3.05) is 26.2 Å². The van der Waals surface area contributed by atoms with Crippen LogP contribution in [0, 0.1) is 0 Å². The smallest absolute Gasteiger partial charge is 0.00750 e. The Balaban J connectivity index is 0.000000353.